The summed E-state index contributed by atoms with van der Waals surface area (Å²) in [7, 11) is 0. The fourth-order valence-corrected chi connectivity index (χ4v) is 1.83. The summed E-state index contributed by atoms with van der Waals surface area (Å²) in [5.74, 6) is 0.787. The molecule has 0 heterocycles. The summed E-state index contributed by atoms with van der Waals surface area (Å²) < 4.78 is 0. The van der Waals surface area contributed by atoms with Crippen molar-refractivity contribution in [1.82, 2.24) is 0 Å². The molecule has 0 amide bonds. The molecule has 0 aliphatic carbocycles. The van der Waals surface area contributed by atoms with E-state index in [2.05, 4.69) is 26.0 Å². The molecule has 1 rings (SSSR count). The predicted molar refractivity (Wildman–Crippen MR) is 63.7 cm³/mol. The monoisotopic (exact) mass is 210 g/mol. The van der Waals surface area contributed by atoms with E-state index in [0.717, 1.165) is 12.3 Å². The van der Waals surface area contributed by atoms with Crippen LogP contribution in [0.15, 0.2) is 30.3 Å². The lowest BCUT2D eigenvalue weighted by atomic mass is 10.0. The van der Waals surface area contributed by atoms with E-state index in [9.17, 15) is 0 Å². The van der Waals surface area contributed by atoms with Crippen LogP contribution in [0.1, 0.15) is 44.1 Å². The van der Waals surface area contributed by atoms with Crippen LogP contribution in [-0.2, 0) is 0 Å². The van der Waals surface area contributed by atoms with Gasteiger partial charge in [-0.3, -0.25) is 0 Å². The zero-order valence-corrected chi connectivity index (χ0v) is 9.80. The molecular formula is C13H19Cl. The van der Waals surface area contributed by atoms with Gasteiger partial charge in [0.15, 0.2) is 0 Å². The summed E-state index contributed by atoms with van der Waals surface area (Å²) in [4.78, 5) is 0. The molecule has 0 fully saturated rings. The Morgan fingerprint density at radius 3 is 2.29 bits per heavy atom. The highest BCUT2D eigenvalue weighted by Crippen LogP contribution is 2.26. The zero-order chi connectivity index (χ0) is 10.4. The van der Waals surface area contributed by atoms with Crippen LogP contribution in [0.4, 0.5) is 0 Å². The molecule has 14 heavy (non-hydrogen) atoms. The van der Waals surface area contributed by atoms with Gasteiger partial charge in [0, 0.05) is 0 Å². The van der Waals surface area contributed by atoms with E-state index in [-0.39, 0.29) is 5.38 Å². The van der Waals surface area contributed by atoms with Crippen molar-refractivity contribution in [2.75, 3.05) is 0 Å². The maximum Gasteiger partial charge on any atom is 0.0585 e. The van der Waals surface area contributed by atoms with Crippen LogP contribution in [0.5, 0.6) is 0 Å². The minimum Gasteiger partial charge on any atom is -0.118 e. The molecule has 0 aromatic heterocycles. The van der Waals surface area contributed by atoms with Crippen molar-refractivity contribution in [2.24, 2.45) is 5.92 Å². The fourth-order valence-electron chi connectivity index (χ4n) is 1.53. The van der Waals surface area contributed by atoms with E-state index in [1.54, 1.807) is 0 Å². The maximum absolute atomic E-state index is 6.29. The second-order valence-corrected chi connectivity index (χ2v) is 4.73. The van der Waals surface area contributed by atoms with Gasteiger partial charge >= 0.3 is 0 Å². The van der Waals surface area contributed by atoms with E-state index in [1.165, 1.54) is 18.4 Å². The molecule has 0 bridgehead atoms. The van der Waals surface area contributed by atoms with E-state index in [4.69, 9.17) is 11.6 Å². The van der Waals surface area contributed by atoms with Crippen LogP contribution in [-0.4, -0.2) is 0 Å². The summed E-state index contributed by atoms with van der Waals surface area (Å²) in [5, 5.41) is 0.190. The molecule has 0 radical (unpaired) electrons. The zero-order valence-electron chi connectivity index (χ0n) is 9.04. The molecule has 78 valence electrons. The van der Waals surface area contributed by atoms with Crippen LogP contribution in [0, 0.1) is 5.92 Å². The third-order valence-electron chi connectivity index (χ3n) is 2.40. The molecule has 0 saturated heterocycles. The van der Waals surface area contributed by atoms with Crippen LogP contribution in [0.3, 0.4) is 0 Å². The van der Waals surface area contributed by atoms with Crippen molar-refractivity contribution >= 4 is 11.6 Å². The number of benzene rings is 1. The number of halogens is 1. The third kappa shape index (κ3) is 4.15. The molecular weight excluding hydrogens is 192 g/mol. The predicted octanol–water partition coefficient (Wildman–Crippen LogP) is 4.79. The lowest BCUT2D eigenvalue weighted by molar-refractivity contribution is 0.534. The van der Waals surface area contributed by atoms with Gasteiger partial charge in [-0.05, 0) is 17.9 Å². The minimum atomic E-state index is 0.190. The Kier molecular flexibility index (Phi) is 5.03. The van der Waals surface area contributed by atoms with Crippen molar-refractivity contribution in [3.63, 3.8) is 0 Å². The summed E-state index contributed by atoms with van der Waals surface area (Å²) in [6.45, 7) is 4.51. The Morgan fingerprint density at radius 2 is 1.71 bits per heavy atom. The van der Waals surface area contributed by atoms with E-state index in [0.29, 0.717) is 0 Å². The number of alkyl halides is 1. The van der Waals surface area contributed by atoms with Gasteiger partial charge < -0.3 is 0 Å². The molecule has 0 saturated carbocycles. The van der Waals surface area contributed by atoms with Crippen molar-refractivity contribution in [3.05, 3.63) is 35.9 Å². The van der Waals surface area contributed by atoms with Gasteiger partial charge in [0.05, 0.1) is 5.38 Å². The first-order valence-corrected chi connectivity index (χ1v) is 5.83. The Hall–Kier alpha value is -0.490. The maximum atomic E-state index is 6.29. The normalized spacial score (nSPS) is 13.1. The number of hydrogen-bond donors (Lipinski definition) is 0. The van der Waals surface area contributed by atoms with Gasteiger partial charge in [-0.15, -0.1) is 11.6 Å². The molecule has 0 nitrogen and oxygen atoms in total. The van der Waals surface area contributed by atoms with Gasteiger partial charge in [-0.1, -0.05) is 57.0 Å². The van der Waals surface area contributed by atoms with Gasteiger partial charge in [0.25, 0.3) is 0 Å². The van der Waals surface area contributed by atoms with Crippen molar-refractivity contribution in [3.8, 4) is 0 Å². The fraction of sp³-hybridized carbons (Fsp3) is 0.538. The Bertz CT molecular complexity index is 241. The Labute approximate surface area is 92.3 Å². The smallest absolute Gasteiger partial charge is 0.0585 e. The topological polar surface area (TPSA) is 0 Å². The highest BCUT2D eigenvalue weighted by molar-refractivity contribution is 6.20. The number of hydrogen-bond acceptors (Lipinski definition) is 0. The van der Waals surface area contributed by atoms with Gasteiger partial charge in [-0.2, -0.15) is 0 Å². The van der Waals surface area contributed by atoms with Crippen molar-refractivity contribution in [1.29, 1.82) is 0 Å². The second-order valence-electron chi connectivity index (χ2n) is 4.20. The van der Waals surface area contributed by atoms with Gasteiger partial charge in [0.1, 0.15) is 0 Å². The quantitative estimate of drug-likeness (QED) is 0.613. The molecule has 1 unspecified atom stereocenters. The van der Waals surface area contributed by atoms with Crippen LogP contribution < -0.4 is 0 Å². The summed E-state index contributed by atoms with van der Waals surface area (Å²) in [6.07, 6.45) is 3.58. The first-order valence-electron chi connectivity index (χ1n) is 5.39. The SMILES string of the molecule is CC(C)CCCC(Cl)c1ccccc1. The lowest BCUT2D eigenvalue weighted by Gasteiger charge is -2.10. The van der Waals surface area contributed by atoms with E-state index >= 15 is 0 Å². The average Bonchev–Trinajstić information content (AvgIpc) is 2.18. The van der Waals surface area contributed by atoms with Crippen molar-refractivity contribution in [2.45, 2.75) is 38.5 Å². The summed E-state index contributed by atoms with van der Waals surface area (Å²) in [6, 6.07) is 10.3. The summed E-state index contributed by atoms with van der Waals surface area (Å²) >= 11 is 6.29. The molecule has 1 aromatic carbocycles. The molecule has 0 aliphatic heterocycles. The van der Waals surface area contributed by atoms with Crippen LogP contribution in [0.2, 0.25) is 0 Å². The minimum absolute atomic E-state index is 0.190. The van der Waals surface area contributed by atoms with E-state index < -0.39 is 0 Å². The molecule has 0 N–H and O–H groups in total. The van der Waals surface area contributed by atoms with E-state index in [1.807, 2.05) is 18.2 Å². The van der Waals surface area contributed by atoms with Crippen LogP contribution in [0.25, 0.3) is 0 Å². The standard InChI is InChI=1S/C13H19Cl/c1-11(2)7-6-10-13(14)12-8-4-3-5-9-12/h3-5,8-9,11,13H,6-7,10H2,1-2H3. The van der Waals surface area contributed by atoms with Crippen molar-refractivity contribution < 1.29 is 0 Å². The largest absolute Gasteiger partial charge is 0.118 e. The molecule has 0 aliphatic rings. The van der Waals surface area contributed by atoms with Crippen LogP contribution >= 0.6 is 11.6 Å². The molecule has 1 heteroatoms. The Balaban J connectivity index is 2.32. The molecule has 1 atom stereocenters. The third-order valence-corrected chi connectivity index (χ3v) is 2.87. The van der Waals surface area contributed by atoms with Gasteiger partial charge in [0.2, 0.25) is 0 Å². The van der Waals surface area contributed by atoms with Gasteiger partial charge in [-0.25, -0.2) is 0 Å². The highest BCUT2D eigenvalue weighted by Gasteiger charge is 2.06. The molecule has 1 aromatic rings. The Morgan fingerprint density at radius 1 is 1.07 bits per heavy atom. The number of rotatable bonds is 5. The first-order chi connectivity index (χ1) is 6.70. The average molecular weight is 211 g/mol. The molecule has 0 spiro atoms. The highest BCUT2D eigenvalue weighted by atomic mass is 35.5. The summed E-state index contributed by atoms with van der Waals surface area (Å²) in [5.41, 5.74) is 1.25. The lowest BCUT2D eigenvalue weighted by Crippen LogP contribution is -1.93. The first kappa shape index (κ1) is 11.6. The second kappa shape index (κ2) is 6.08.